The van der Waals surface area contributed by atoms with Crippen LogP contribution in [0.5, 0.6) is 5.75 Å². The van der Waals surface area contributed by atoms with Crippen LogP contribution >= 0.6 is 11.6 Å². The first-order chi connectivity index (χ1) is 12.0. The number of ether oxygens (including phenoxy) is 1. The Morgan fingerprint density at radius 2 is 2.08 bits per heavy atom. The van der Waals surface area contributed by atoms with E-state index in [1.165, 1.54) is 4.57 Å². The van der Waals surface area contributed by atoms with Crippen molar-refractivity contribution in [3.8, 4) is 5.75 Å². The maximum atomic E-state index is 12.3. The van der Waals surface area contributed by atoms with E-state index in [-0.39, 0.29) is 0 Å². The summed E-state index contributed by atoms with van der Waals surface area (Å²) in [5.41, 5.74) is 0.721. The molecule has 0 bridgehead atoms. The number of halogens is 1. The van der Waals surface area contributed by atoms with Gasteiger partial charge in [-0.2, -0.15) is 4.98 Å². The summed E-state index contributed by atoms with van der Waals surface area (Å²) in [4.78, 5) is 33.0. The fourth-order valence-corrected chi connectivity index (χ4v) is 3.45. The van der Waals surface area contributed by atoms with E-state index >= 15 is 0 Å². The van der Waals surface area contributed by atoms with E-state index in [0.29, 0.717) is 34.4 Å². The molecular formula is C16H16ClN5O3. The second-order valence-electron chi connectivity index (χ2n) is 5.88. The molecule has 4 rings (SSSR count). The van der Waals surface area contributed by atoms with Gasteiger partial charge in [0.25, 0.3) is 5.56 Å². The highest BCUT2D eigenvalue weighted by Crippen LogP contribution is 2.35. The second kappa shape index (κ2) is 5.66. The summed E-state index contributed by atoms with van der Waals surface area (Å²) in [7, 11) is 3.15. The van der Waals surface area contributed by atoms with Gasteiger partial charge in [0.2, 0.25) is 5.95 Å². The van der Waals surface area contributed by atoms with Crippen molar-refractivity contribution in [1.82, 2.24) is 19.1 Å². The van der Waals surface area contributed by atoms with E-state index < -0.39 is 11.2 Å². The van der Waals surface area contributed by atoms with Gasteiger partial charge in [-0.05, 0) is 24.6 Å². The largest absolute Gasteiger partial charge is 0.495 e. The highest BCUT2D eigenvalue weighted by Gasteiger charge is 2.26. The summed E-state index contributed by atoms with van der Waals surface area (Å²) in [6.45, 7) is 1.39. The molecule has 0 amide bonds. The molecule has 0 saturated heterocycles. The molecule has 25 heavy (non-hydrogen) atoms. The number of methoxy groups -OCH3 is 1. The number of nitrogens with one attached hydrogen (secondary N) is 1. The summed E-state index contributed by atoms with van der Waals surface area (Å²) in [5, 5.41) is 0.499. The molecule has 1 aliphatic rings. The predicted octanol–water partition coefficient (Wildman–Crippen LogP) is 1.63. The molecule has 0 unspecified atom stereocenters. The molecule has 0 spiro atoms. The molecular weight excluding hydrogens is 346 g/mol. The molecule has 9 heteroatoms. The number of aromatic amines is 1. The maximum Gasteiger partial charge on any atom is 0.329 e. The number of hydrogen-bond donors (Lipinski definition) is 1. The Morgan fingerprint density at radius 3 is 2.80 bits per heavy atom. The van der Waals surface area contributed by atoms with Crippen LogP contribution in [-0.4, -0.2) is 32.8 Å². The Hall–Kier alpha value is -2.74. The Balaban J connectivity index is 1.94. The number of fused-ring (bicyclic) bond motifs is 3. The Bertz CT molecular complexity index is 1100. The van der Waals surface area contributed by atoms with Crippen LogP contribution in [0.2, 0.25) is 5.02 Å². The third-order valence-corrected chi connectivity index (χ3v) is 4.73. The van der Waals surface area contributed by atoms with E-state index in [9.17, 15) is 9.59 Å². The lowest BCUT2D eigenvalue weighted by Crippen LogP contribution is -2.31. The quantitative estimate of drug-likeness (QED) is 0.749. The highest BCUT2D eigenvalue weighted by molar-refractivity contribution is 6.32. The van der Waals surface area contributed by atoms with Gasteiger partial charge in [0, 0.05) is 25.8 Å². The van der Waals surface area contributed by atoms with Crippen LogP contribution in [0.3, 0.4) is 0 Å². The number of nitrogens with zero attached hydrogens (tertiary/aromatic N) is 4. The van der Waals surface area contributed by atoms with Crippen molar-refractivity contribution in [3.63, 3.8) is 0 Å². The van der Waals surface area contributed by atoms with E-state index in [4.69, 9.17) is 16.3 Å². The maximum absolute atomic E-state index is 12.3. The van der Waals surface area contributed by atoms with Crippen LogP contribution in [0.4, 0.5) is 11.6 Å². The van der Waals surface area contributed by atoms with Crippen molar-refractivity contribution in [2.45, 2.75) is 13.0 Å². The summed E-state index contributed by atoms with van der Waals surface area (Å²) in [5.74, 6) is 1.21. The molecule has 0 fully saturated rings. The van der Waals surface area contributed by atoms with Gasteiger partial charge in [0.1, 0.15) is 5.75 Å². The van der Waals surface area contributed by atoms with Crippen LogP contribution in [0.25, 0.3) is 11.2 Å². The summed E-state index contributed by atoms with van der Waals surface area (Å²) in [6.07, 6.45) is 0.838. The van der Waals surface area contributed by atoms with Gasteiger partial charge < -0.3 is 14.2 Å². The number of H-pyrrole nitrogens is 1. The van der Waals surface area contributed by atoms with Crippen molar-refractivity contribution in [1.29, 1.82) is 0 Å². The lowest BCUT2D eigenvalue weighted by Gasteiger charge is -2.29. The average Bonchev–Trinajstić information content (AvgIpc) is 3.00. The lowest BCUT2D eigenvalue weighted by atomic mass is 10.2. The van der Waals surface area contributed by atoms with E-state index in [1.807, 2.05) is 15.5 Å². The van der Waals surface area contributed by atoms with Crippen molar-refractivity contribution in [2.75, 3.05) is 18.6 Å². The van der Waals surface area contributed by atoms with Crippen LogP contribution < -0.4 is 20.9 Å². The predicted molar refractivity (Wildman–Crippen MR) is 95.2 cm³/mol. The molecule has 3 heterocycles. The highest BCUT2D eigenvalue weighted by atomic mass is 35.5. The van der Waals surface area contributed by atoms with Crippen molar-refractivity contribution >= 4 is 34.4 Å². The Labute approximate surface area is 147 Å². The first kappa shape index (κ1) is 15.8. The number of aryl methyl sites for hydroxylation is 2. The average molecular weight is 362 g/mol. The minimum atomic E-state index is -0.480. The summed E-state index contributed by atoms with van der Waals surface area (Å²) < 4.78 is 8.39. The van der Waals surface area contributed by atoms with Gasteiger partial charge in [0.05, 0.1) is 12.1 Å². The zero-order valence-electron chi connectivity index (χ0n) is 13.7. The first-order valence-corrected chi connectivity index (χ1v) is 8.19. The number of rotatable bonds is 2. The van der Waals surface area contributed by atoms with Gasteiger partial charge >= 0.3 is 5.69 Å². The third kappa shape index (κ3) is 2.32. The fraction of sp³-hybridized carbons (Fsp3) is 0.312. The minimum Gasteiger partial charge on any atom is -0.495 e. The molecule has 0 saturated carbocycles. The van der Waals surface area contributed by atoms with Crippen molar-refractivity contribution in [3.05, 3.63) is 44.1 Å². The Morgan fingerprint density at radius 1 is 1.28 bits per heavy atom. The molecule has 3 aromatic rings. The van der Waals surface area contributed by atoms with E-state index in [0.717, 1.165) is 18.7 Å². The Kier molecular flexibility index (Phi) is 3.57. The molecule has 2 aromatic heterocycles. The van der Waals surface area contributed by atoms with Gasteiger partial charge in [0.15, 0.2) is 11.2 Å². The van der Waals surface area contributed by atoms with Crippen molar-refractivity contribution in [2.24, 2.45) is 7.05 Å². The first-order valence-electron chi connectivity index (χ1n) is 7.82. The fourth-order valence-electron chi connectivity index (χ4n) is 3.20. The third-order valence-electron chi connectivity index (χ3n) is 4.44. The number of imidazole rings is 1. The van der Waals surface area contributed by atoms with Gasteiger partial charge in [-0.25, -0.2) is 4.79 Å². The number of aromatic nitrogens is 4. The molecule has 130 valence electrons. The van der Waals surface area contributed by atoms with Crippen LogP contribution in [0.1, 0.15) is 6.42 Å². The molecule has 0 radical (unpaired) electrons. The number of anilines is 2. The SMILES string of the molecule is COc1ccc(N2CCCn3c2nc2c3c(=O)[nH]c(=O)n2C)cc1Cl. The zero-order chi connectivity index (χ0) is 17.7. The molecule has 8 nitrogen and oxygen atoms in total. The van der Waals surface area contributed by atoms with Crippen LogP contribution in [0, 0.1) is 0 Å². The molecule has 1 aromatic carbocycles. The molecule has 0 atom stereocenters. The minimum absolute atomic E-state index is 0.371. The molecule has 0 aliphatic carbocycles. The second-order valence-corrected chi connectivity index (χ2v) is 6.29. The summed E-state index contributed by atoms with van der Waals surface area (Å²) in [6, 6.07) is 5.49. The standard InChI is InChI=1S/C16H16ClN5O3/c1-20-13-12(14(23)19-16(20)24)22-7-3-6-21(15(22)18-13)9-4-5-11(25-2)10(17)8-9/h4-5,8H,3,6-7H2,1-2H3,(H,19,23,24). The van der Waals surface area contributed by atoms with Crippen LogP contribution in [-0.2, 0) is 13.6 Å². The topological polar surface area (TPSA) is 85.2 Å². The van der Waals surface area contributed by atoms with Gasteiger partial charge in [-0.1, -0.05) is 11.6 Å². The van der Waals surface area contributed by atoms with Crippen LogP contribution in [0.15, 0.2) is 27.8 Å². The van der Waals surface area contributed by atoms with E-state index in [1.54, 1.807) is 26.3 Å². The summed E-state index contributed by atoms with van der Waals surface area (Å²) >= 11 is 6.25. The molecule has 1 N–H and O–H groups in total. The van der Waals surface area contributed by atoms with Crippen molar-refractivity contribution < 1.29 is 4.74 Å². The normalized spacial score (nSPS) is 14.0. The lowest BCUT2D eigenvalue weighted by molar-refractivity contribution is 0.415. The zero-order valence-corrected chi connectivity index (χ0v) is 14.5. The van der Waals surface area contributed by atoms with E-state index in [2.05, 4.69) is 9.97 Å². The molecule has 1 aliphatic heterocycles. The number of benzene rings is 1. The van der Waals surface area contributed by atoms with Gasteiger partial charge in [-0.3, -0.25) is 14.3 Å². The number of hydrogen-bond acceptors (Lipinski definition) is 5. The smallest absolute Gasteiger partial charge is 0.329 e. The monoisotopic (exact) mass is 361 g/mol. The van der Waals surface area contributed by atoms with Gasteiger partial charge in [-0.15, -0.1) is 0 Å².